The molecular formula is C16H16BrN3S. The maximum atomic E-state index is 5.90. The Balaban J connectivity index is 2.04. The van der Waals surface area contributed by atoms with Gasteiger partial charge in [-0.3, -0.25) is 4.98 Å². The largest absolute Gasteiger partial charge is 0.369 e. The lowest BCUT2D eigenvalue weighted by Gasteiger charge is -2.23. The lowest BCUT2D eigenvalue weighted by molar-refractivity contribution is 0.910. The van der Waals surface area contributed by atoms with Crippen LogP contribution in [-0.4, -0.2) is 12.0 Å². The second-order valence-electron chi connectivity index (χ2n) is 4.97. The molecule has 0 aliphatic carbocycles. The number of aromatic nitrogens is 1. The first-order valence-electron chi connectivity index (χ1n) is 6.70. The van der Waals surface area contributed by atoms with Crippen LogP contribution in [0.1, 0.15) is 11.1 Å². The first-order chi connectivity index (χ1) is 10.2. The van der Waals surface area contributed by atoms with Crippen LogP contribution in [0.3, 0.4) is 0 Å². The first-order valence-corrected chi connectivity index (χ1v) is 8.37. The molecule has 0 radical (unpaired) electrons. The molecule has 0 amide bonds. The number of fused-ring (bicyclic) bond motifs is 1. The normalized spacial score (nSPS) is 11.0. The summed E-state index contributed by atoms with van der Waals surface area (Å²) < 4.78 is 1.16. The number of hydrogen-bond acceptors (Lipinski definition) is 4. The van der Waals surface area contributed by atoms with Gasteiger partial charge in [0.1, 0.15) is 0 Å². The molecule has 0 saturated carbocycles. The van der Waals surface area contributed by atoms with Crippen LogP contribution in [0.4, 0.5) is 5.69 Å². The van der Waals surface area contributed by atoms with E-state index in [1.165, 1.54) is 11.3 Å². The van der Waals surface area contributed by atoms with Crippen molar-refractivity contribution in [3.63, 3.8) is 0 Å². The summed E-state index contributed by atoms with van der Waals surface area (Å²) in [6, 6.07) is 10.4. The van der Waals surface area contributed by atoms with E-state index in [0.717, 1.165) is 26.8 Å². The minimum absolute atomic E-state index is 0.491. The molecule has 3 rings (SSSR count). The Bertz CT molecular complexity index is 769. The van der Waals surface area contributed by atoms with Crippen LogP contribution in [0.2, 0.25) is 0 Å². The lowest BCUT2D eigenvalue weighted by atomic mass is 10.1. The van der Waals surface area contributed by atoms with Gasteiger partial charge in [-0.2, -0.15) is 0 Å². The Hall–Kier alpha value is -1.43. The minimum Gasteiger partial charge on any atom is -0.369 e. The highest BCUT2D eigenvalue weighted by Crippen LogP contribution is 2.30. The van der Waals surface area contributed by atoms with Gasteiger partial charge in [0.05, 0.1) is 15.0 Å². The second kappa shape index (κ2) is 6.13. The summed E-state index contributed by atoms with van der Waals surface area (Å²) in [6.07, 6.45) is 1.89. The van der Waals surface area contributed by atoms with Crippen molar-refractivity contribution < 1.29 is 0 Å². The number of nitrogens with zero attached hydrogens (tertiary/aromatic N) is 2. The van der Waals surface area contributed by atoms with E-state index in [-0.39, 0.29) is 0 Å². The van der Waals surface area contributed by atoms with Crippen molar-refractivity contribution in [2.24, 2.45) is 5.73 Å². The summed E-state index contributed by atoms with van der Waals surface area (Å²) >= 11 is 5.22. The maximum absolute atomic E-state index is 5.90. The van der Waals surface area contributed by atoms with Crippen LogP contribution in [-0.2, 0) is 13.1 Å². The smallest absolute Gasteiger partial charge is 0.0723 e. The monoisotopic (exact) mass is 361 g/mol. The molecule has 2 N–H and O–H groups in total. The number of halogens is 1. The van der Waals surface area contributed by atoms with Gasteiger partial charge in [0.25, 0.3) is 0 Å². The van der Waals surface area contributed by atoms with Crippen LogP contribution in [0.15, 0.2) is 45.7 Å². The minimum atomic E-state index is 0.491. The van der Waals surface area contributed by atoms with Gasteiger partial charge in [0.2, 0.25) is 0 Å². The van der Waals surface area contributed by atoms with Crippen molar-refractivity contribution in [3.05, 3.63) is 56.8 Å². The summed E-state index contributed by atoms with van der Waals surface area (Å²) in [4.78, 5) is 6.74. The molecule has 2 heterocycles. The van der Waals surface area contributed by atoms with Gasteiger partial charge in [-0.25, -0.2) is 0 Å². The molecule has 3 aromatic rings. The molecule has 0 unspecified atom stereocenters. The van der Waals surface area contributed by atoms with E-state index in [1.807, 2.05) is 24.4 Å². The molecule has 0 saturated heterocycles. The highest BCUT2D eigenvalue weighted by molar-refractivity contribution is 9.11. The standard InChI is InChI=1S/C16H16BrN3S/c1-20(9-11-6-15(17)21-10-11)16-12(7-18)8-19-14-5-3-2-4-13(14)16/h2-6,8,10H,7,9,18H2,1H3. The van der Waals surface area contributed by atoms with Crippen LogP contribution in [0.25, 0.3) is 10.9 Å². The number of benzene rings is 1. The summed E-state index contributed by atoms with van der Waals surface area (Å²) in [6.45, 7) is 1.34. The number of pyridine rings is 1. The fraction of sp³-hybridized carbons (Fsp3) is 0.188. The molecule has 2 aromatic heterocycles. The molecule has 0 atom stereocenters. The van der Waals surface area contributed by atoms with Crippen LogP contribution >= 0.6 is 27.3 Å². The number of anilines is 1. The van der Waals surface area contributed by atoms with E-state index < -0.39 is 0 Å². The average Bonchev–Trinajstić information content (AvgIpc) is 2.90. The fourth-order valence-corrected chi connectivity index (χ4v) is 3.75. The van der Waals surface area contributed by atoms with Crippen molar-refractivity contribution in [1.29, 1.82) is 0 Å². The molecule has 0 aliphatic heterocycles. The zero-order chi connectivity index (χ0) is 14.8. The van der Waals surface area contributed by atoms with Gasteiger partial charge in [0, 0.05) is 37.3 Å². The molecule has 0 spiro atoms. The predicted octanol–water partition coefficient (Wildman–Crippen LogP) is 4.15. The molecule has 1 aromatic carbocycles. The van der Waals surface area contributed by atoms with E-state index in [2.05, 4.69) is 50.4 Å². The summed E-state index contributed by atoms with van der Waals surface area (Å²) in [5.74, 6) is 0. The molecule has 3 nitrogen and oxygen atoms in total. The van der Waals surface area contributed by atoms with Gasteiger partial charge >= 0.3 is 0 Å². The number of rotatable bonds is 4. The summed E-state index contributed by atoms with van der Waals surface area (Å²) in [7, 11) is 2.10. The van der Waals surface area contributed by atoms with Gasteiger partial charge in [-0.15, -0.1) is 11.3 Å². The van der Waals surface area contributed by atoms with Gasteiger partial charge in [0.15, 0.2) is 0 Å². The topological polar surface area (TPSA) is 42.1 Å². The Morgan fingerprint density at radius 1 is 1.33 bits per heavy atom. The molecule has 5 heteroatoms. The van der Waals surface area contributed by atoms with Crippen LogP contribution in [0, 0.1) is 0 Å². The van der Waals surface area contributed by atoms with E-state index >= 15 is 0 Å². The van der Waals surface area contributed by atoms with Crippen molar-refractivity contribution >= 4 is 43.9 Å². The van der Waals surface area contributed by atoms with Crippen molar-refractivity contribution in [2.75, 3.05) is 11.9 Å². The molecule has 0 fully saturated rings. The van der Waals surface area contributed by atoms with E-state index in [1.54, 1.807) is 11.3 Å². The maximum Gasteiger partial charge on any atom is 0.0723 e. The Morgan fingerprint density at radius 3 is 2.86 bits per heavy atom. The first kappa shape index (κ1) is 14.5. The number of nitrogens with two attached hydrogens (primary N) is 1. The summed E-state index contributed by atoms with van der Waals surface area (Å²) in [5.41, 5.74) is 10.4. The predicted molar refractivity (Wildman–Crippen MR) is 93.8 cm³/mol. The average molecular weight is 362 g/mol. The summed E-state index contributed by atoms with van der Waals surface area (Å²) in [5, 5.41) is 3.32. The highest BCUT2D eigenvalue weighted by atomic mass is 79.9. The molecule has 108 valence electrons. The third-order valence-electron chi connectivity index (χ3n) is 3.47. The van der Waals surface area contributed by atoms with E-state index in [4.69, 9.17) is 5.73 Å². The van der Waals surface area contributed by atoms with E-state index in [9.17, 15) is 0 Å². The second-order valence-corrected chi connectivity index (χ2v) is 7.26. The van der Waals surface area contributed by atoms with Gasteiger partial charge < -0.3 is 10.6 Å². The molecule has 21 heavy (non-hydrogen) atoms. The Morgan fingerprint density at radius 2 is 2.14 bits per heavy atom. The molecular weight excluding hydrogens is 346 g/mol. The molecule has 0 bridgehead atoms. The third kappa shape index (κ3) is 2.95. The quantitative estimate of drug-likeness (QED) is 0.758. The third-order valence-corrected chi connectivity index (χ3v) is 5.02. The Labute approximate surface area is 136 Å². The fourth-order valence-electron chi connectivity index (χ4n) is 2.55. The zero-order valence-corrected chi connectivity index (χ0v) is 14.1. The van der Waals surface area contributed by atoms with Crippen LogP contribution < -0.4 is 10.6 Å². The number of thiophene rings is 1. The number of hydrogen-bond donors (Lipinski definition) is 1. The zero-order valence-electron chi connectivity index (χ0n) is 11.7. The van der Waals surface area contributed by atoms with Crippen molar-refractivity contribution in [1.82, 2.24) is 4.98 Å². The number of para-hydroxylation sites is 1. The van der Waals surface area contributed by atoms with E-state index in [0.29, 0.717) is 6.54 Å². The highest BCUT2D eigenvalue weighted by Gasteiger charge is 2.13. The van der Waals surface area contributed by atoms with Crippen molar-refractivity contribution in [2.45, 2.75) is 13.1 Å². The van der Waals surface area contributed by atoms with Crippen LogP contribution in [0.5, 0.6) is 0 Å². The SMILES string of the molecule is CN(Cc1csc(Br)c1)c1c(CN)cnc2ccccc12. The molecule has 0 aliphatic rings. The van der Waals surface area contributed by atoms with Gasteiger partial charge in [-0.05, 0) is 39.0 Å². The van der Waals surface area contributed by atoms with Gasteiger partial charge in [-0.1, -0.05) is 18.2 Å². The van der Waals surface area contributed by atoms with Crippen molar-refractivity contribution in [3.8, 4) is 0 Å². The Kier molecular flexibility index (Phi) is 4.24. The lowest BCUT2D eigenvalue weighted by Crippen LogP contribution is -2.19.